The fourth-order valence-electron chi connectivity index (χ4n) is 2.50. The molecule has 0 spiro atoms. The zero-order valence-corrected chi connectivity index (χ0v) is 13.8. The zero-order chi connectivity index (χ0) is 16.2. The first-order valence-corrected chi connectivity index (χ1v) is 7.55. The number of carbonyl (C=O) groups is 1. The van der Waals surface area contributed by atoms with Crippen LogP contribution >= 0.6 is 0 Å². The van der Waals surface area contributed by atoms with Crippen LogP contribution in [0, 0.1) is 0 Å². The van der Waals surface area contributed by atoms with Gasteiger partial charge in [0.15, 0.2) is 6.29 Å². The maximum atomic E-state index is 11.3. The molecule has 1 N–H and O–H groups in total. The first-order valence-electron chi connectivity index (χ1n) is 7.55. The number of benzene rings is 1. The van der Waals surface area contributed by atoms with Crippen molar-refractivity contribution in [3.63, 3.8) is 0 Å². The monoisotopic (exact) mass is 301 g/mol. The standard InChI is InChI=1S/C18H24N2O2/c1-20(2,3)11-5-6-15-12-17(19-18(15)13-21)14-7-9-16(22-4)10-8-14/h7-10,12-13H,5-6,11H2,1-4H3/p+1. The second-order valence-electron chi connectivity index (χ2n) is 6.59. The van der Waals surface area contributed by atoms with E-state index in [2.05, 4.69) is 32.2 Å². The van der Waals surface area contributed by atoms with Crippen molar-refractivity contribution in [2.75, 3.05) is 34.8 Å². The van der Waals surface area contributed by atoms with Gasteiger partial charge in [-0.05, 0) is 47.9 Å². The number of nitrogens with one attached hydrogen (secondary N) is 1. The quantitative estimate of drug-likeness (QED) is 0.630. The van der Waals surface area contributed by atoms with Gasteiger partial charge < -0.3 is 14.2 Å². The summed E-state index contributed by atoms with van der Waals surface area (Å²) in [6, 6.07) is 9.92. The van der Waals surface area contributed by atoms with Crippen molar-refractivity contribution >= 4 is 6.29 Å². The van der Waals surface area contributed by atoms with Gasteiger partial charge in [0, 0.05) is 12.1 Å². The number of aromatic amines is 1. The third-order valence-corrected chi connectivity index (χ3v) is 3.73. The van der Waals surface area contributed by atoms with Crippen molar-refractivity contribution in [3.05, 3.63) is 41.6 Å². The topological polar surface area (TPSA) is 42.1 Å². The zero-order valence-electron chi connectivity index (χ0n) is 13.8. The molecule has 0 amide bonds. The number of rotatable bonds is 7. The summed E-state index contributed by atoms with van der Waals surface area (Å²) in [5.74, 6) is 0.828. The predicted octanol–water partition coefficient (Wildman–Crippen LogP) is 3.14. The van der Waals surface area contributed by atoms with E-state index in [9.17, 15) is 4.79 Å². The van der Waals surface area contributed by atoms with Crippen molar-refractivity contribution in [2.45, 2.75) is 12.8 Å². The van der Waals surface area contributed by atoms with E-state index in [4.69, 9.17) is 4.74 Å². The van der Waals surface area contributed by atoms with Crippen LogP contribution in [-0.4, -0.2) is 50.6 Å². The molecule has 0 aliphatic carbocycles. The third kappa shape index (κ3) is 4.21. The van der Waals surface area contributed by atoms with Crippen molar-refractivity contribution < 1.29 is 14.0 Å². The van der Waals surface area contributed by atoms with Crippen molar-refractivity contribution in [3.8, 4) is 17.0 Å². The Morgan fingerprint density at radius 2 is 1.86 bits per heavy atom. The lowest BCUT2D eigenvalue weighted by molar-refractivity contribution is -0.870. The largest absolute Gasteiger partial charge is 0.497 e. The Balaban J connectivity index is 2.15. The molecular weight excluding hydrogens is 276 g/mol. The van der Waals surface area contributed by atoms with Crippen LogP contribution in [0.25, 0.3) is 11.3 Å². The minimum atomic E-state index is 0.687. The lowest BCUT2D eigenvalue weighted by Crippen LogP contribution is -2.35. The molecule has 4 nitrogen and oxygen atoms in total. The van der Waals surface area contributed by atoms with Gasteiger partial charge in [0.05, 0.1) is 40.5 Å². The van der Waals surface area contributed by atoms with Gasteiger partial charge in [0.25, 0.3) is 0 Å². The van der Waals surface area contributed by atoms with Gasteiger partial charge >= 0.3 is 0 Å². The van der Waals surface area contributed by atoms with Crippen LogP contribution < -0.4 is 4.74 Å². The highest BCUT2D eigenvalue weighted by molar-refractivity contribution is 5.78. The van der Waals surface area contributed by atoms with E-state index in [0.717, 1.165) is 52.7 Å². The number of aromatic nitrogens is 1. The van der Waals surface area contributed by atoms with E-state index < -0.39 is 0 Å². The fourth-order valence-corrected chi connectivity index (χ4v) is 2.50. The molecule has 0 saturated heterocycles. The van der Waals surface area contributed by atoms with E-state index >= 15 is 0 Å². The number of ether oxygens (including phenoxy) is 1. The lowest BCUT2D eigenvalue weighted by atomic mass is 10.1. The van der Waals surface area contributed by atoms with Gasteiger partial charge in [-0.15, -0.1) is 0 Å². The number of aldehydes is 1. The number of aryl methyl sites for hydroxylation is 1. The van der Waals surface area contributed by atoms with E-state index in [-0.39, 0.29) is 0 Å². The number of methoxy groups -OCH3 is 1. The number of carbonyl (C=O) groups excluding carboxylic acids is 1. The fraction of sp³-hybridized carbons (Fsp3) is 0.389. The first-order chi connectivity index (χ1) is 10.4. The molecule has 4 heteroatoms. The highest BCUT2D eigenvalue weighted by Gasteiger charge is 2.12. The Morgan fingerprint density at radius 3 is 2.41 bits per heavy atom. The lowest BCUT2D eigenvalue weighted by Gasteiger charge is -2.23. The molecule has 1 aromatic carbocycles. The molecule has 0 saturated carbocycles. The normalized spacial score (nSPS) is 11.5. The summed E-state index contributed by atoms with van der Waals surface area (Å²) in [5.41, 5.74) is 3.81. The molecule has 0 unspecified atom stereocenters. The summed E-state index contributed by atoms with van der Waals surface area (Å²) in [6.07, 6.45) is 2.88. The number of hydrogen-bond acceptors (Lipinski definition) is 2. The summed E-state index contributed by atoms with van der Waals surface area (Å²) < 4.78 is 6.11. The average Bonchev–Trinajstić information content (AvgIpc) is 2.89. The van der Waals surface area contributed by atoms with E-state index in [1.54, 1.807) is 7.11 Å². The predicted molar refractivity (Wildman–Crippen MR) is 89.4 cm³/mol. The first kappa shape index (κ1) is 16.3. The van der Waals surface area contributed by atoms with Gasteiger partial charge in [-0.25, -0.2) is 0 Å². The van der Waals surface area contributed by atoms with Crippen molar-refractivity contribution in [2.24, 2.45) is 0 Å². The smallest absolute Gasteiger partial charge is 0.166 e. The van der Waals surface area contributed by atoms with Crippen molar-refractivity contribution in [1.29, 1.82) is 0 Å². The number of H-pyrrole nitrogens is 1. The summed E-state index contributed by atoms with van der Waals surface area (Å²) >= 11 is 0. The Morgan fingerprint density at radius 1 is 1.18 bits per heavy atom. The van der Waals surface area contributed by atoms with Gasteiger partial charge in [0.2, 0.25) is 0 Å². The molecule has 0 fully saturated rings. The number of nitrogens with zero attached hydrogens (tertiary/aromatic N) is 1. The van der Waals surface area contributed by atoms with E-state index in [0.29, 0.717) is 5.69 Å². The van der Waals surface area contributed by atoms with Crippen LogP contribution in [0.15, 0.2) is 30.3 Å². The highest BCUT2D eigenvalue weighted by atomic mass is 16.5. The summed E-state index contributed by atoms with van der Waals surface area (Å²) in [4.78, 5) is 14.5. The maximum Gasteiger partial charge on any atom is 0.166 e. The van der Waals surface area contributed by atoms with Crippen LogP contribution in [0.4, 0.5) is 0 Å². The molecule has 22 heavy (non-hydrogen) atoms. The molecule has 0 aliphatic rings. The molecule has 0 aliphatic heterocycles. The van der Waals surface area contributed by atoms with Gasteiger partial charge in [-0.2, -0.15) is 0 Å². The van der Waals surface area contributed by atoms with Gasteiger partial charge in [0.1, 0.15) is 5.75 Å². The minimum absolute atomic E-state index is 0.687. The van der Waals surface area contributed by atoms with Crippen LogP contribution in [0.1, 0.15) is 22.5 Å². The van der Waals surface area contributed by atoms with Crippen LogP contribution in [0.5, 0.6) is 5.75 Å². The molecule has 0 atom stereocenters. The average molecular weight is 301 g/mol. The van der Waals surface area contributed by atoms with Crippen LogP contribution in [0.3, 0.4) is 0 Å². The minimum Gasteiger partial charge on any atom is -0.497 e. The second kappa shape index (κ2) is 6.79. The van der Waals surface area contributed by atoms with Gasteiger partial charge in [-0.1, -0.05) is 0 Å². The van der Waals surface area contributed by atoms with E-state index in [1.165, 1.54) is 0 Å². The highest BCUT2D eigenvalue weighted by Crippen LogP contribution is 2.24. The Bertz CT molecular complexity index is 622. The van der Waals surface area contributed by atoms with Gasteiger partial charge in [-0.3, -0.25) is 4.79 Å². The summed E-state index contributed by atoms with van der Waals surface area (Å²) in [7, 11) is 8.20. The molecule has 1 heterocycles. The summed E-state index contributed by atoms with van der Waals surface area (Å²) in [5, 5.41) is 0. The molecular formula is C18H25N2O2+. The molecule has 2 rings (SSSR count). The molecule has 0 radical (unpaired) electrons. The Kier molecular flexibility index (Phi) is 5.03. The Hall–Kier alpha value is -2.07. The second-order valence-corrected chi connectivity index (χ2v) is 6.59. The number of quaternary nitrogens is 1. The Labute approximate surface area is 132 Å². The van der Waals surface area contributed by atoms with Crippen LogP contribution in [-0.2, 0) is 6.42 Å². The van der Waals surface area contributed by atoms with Crippen molar-refractivity contribution in [1.82, 2.24) is 4.98 Å². The third-order valence-electron chi connectivity index (χ3n) is 3.73. The number of hydrogen-bond donors (Lipinski definition) is 1. The molecule has 1 aromatic heterocycles. The molecule has 0 bridgehead atoms. The molecule has 118 valence electrons. The molecule has 2 aromatic rings. The maximum absolute atomic E-state index is 11.3. The SMILES string of the molecule is COc1ccc(-c2cc(CCC[N+](C)(C)C)c(C=O)[nH]2)cc1. The van der Waals surface area contributed by atoms with Crippen LogP contribution in [0.2, 0.25) is 0 Å². The summed E-state index contributed by atoms with van der Waals surface area (Å²) in [6.45, 7) is 1.08. The van der Waals surface area contributed by atoms with E-state index in [1.807, 2.05) is 24.3 Å².